The number of nitrogens with two attached hydrogens (primary N) is 2. The van der Waals surface area contributed by atoms with Crippen molar-refractivity contribution in [3.05, 3.63) is 12.1 Å². The molecule has 2 aromatic rings. The van der Waals surface area contributed by atoms with Gasteiger partial charge in [-0.2, -0.15) is 4.52 Å². The Bertz CT molecular complexity index is 405. The first kappa shape index (κ1) is 6.80. The molecule has 12 heavy (non-hydrogen) atoms. The first-order valence-corrected chi connectivity index (χ1v) is 3.26. The van der Waals surface area contributed by atoms with E-state index >= 15 is 0 Å². The van der Waals surface area contributed by atoms with Crippen molar-refractivity contribution in [3.8, 4) is 0 Å². The summed E-state index contributed by atoms with van der Waals surface area (Å²) in [5, 5.41) is 11.4. The average molecular weight is 165 g/mol. The van der Waals surface area contributed by atoms with Crippen molar-refractivity contribution in [2.45, 2.75) is 0 Å². The molecule has 7 nitrogen and oxygen atoms in total. The predicted molar refractivity (Wildman–Crippen MR) is 43.0 cm³/mol. The third-order valence-corrected chi connectivity index (χ3v) is 1.43. The van der Waals surface area contributed by atoms with Gasteiger partial charge in [0, 0.05) is 0 Å². The fourth-order valence-electron chi connectivity index (χ4n) is 0.882. The molecule has 2 aromatic heterocycles. The Morgan fingerprint density at radius 2 is 2.17 bits per heavy atom. The fourth-order valence-corrected chi connectivity index (χ4v) is 0.882. The number of hydrazine groups is 1. The monoisotopic (exact) mass is 165 g/mol. The second kappa shape index (κ2) is 2.31. The van der Waals surface area contributed by atoms with Gasteiger partial charge in [0.15, 0.2) is 11.5 Å². The van der Waals surface area contributed by atoms with Crippen LogP contribution in [0.4, 0.5) is 11.8 Å². The lowest BCUT2D eigenvalue weighted by Crippen LogP contribution is -2.10. The lowest BCUT2D eigenvalue weighted by molar-refractivity contribution is 0.937. The van der Waals surface area contributed by atoms with Crippen LogP contribution in [-0.4, -0.2) is 19.8 Å². The minimum absolute atomic E-state index is 0.238. The van der Waals surface area contributed by atoms with Crippen molar-refractivity contribution < 1.29 is 0 Å². The van der Waals surface area contributed by atoms with Crippen LogP contribution < -0.4 is 17.0 Å². The predicted octanol–water partition coefficient (Wildman–Crippen LogP) is -1.01. The fraction of sp³-hybridized carbons (Fsp3) is 0. The minimum Gasteiger partial charge on any atom is -0.366 e. The van der Waals surface area contributed by atoms with Gasteiger partial charge in [0.2, 0.25) is 5.95 Å². The van der Waals surface area contributed by atoms with E-state index in [4.69, 9.17) is 11.6 Å². The van der Waals surface area contributed by atoms with E-state index in [-0.39, 0.29) is 5.95 Å². The second-order valence-electron chi connectivity index (χ2n) is 2.19. The van der Waals surface area contributed by atoms with Gasteiger partial charge in [-0.15, -0.1) is 15.3 Å². The number of hydrogen-bond donors (Lipinski definition) is 3. The maximum absolute atomic E-state index is 5.46. The number of anilines is 2. The summed E-state index contributed by atoms with van der Waals surface area (Å²) in [5.41, 5.74) is 8.44. The molecule has 0 radical (unpaired) electrons. The Morgan fingerprint density at radius 3 is 2.92 bits per heavy atom. The molecule has 0 amide bonds. The van der Waals surface area contributed by atoms with Crippen LogP contribution in [0.2, 0.25) is 0 Å². The summed E-state index contributed by atoms with van der Waals surface area (Å²) in [6, 6.07) is 3.40. The largest absolute Gasteiger partial charge is 0.366 e. The number of aromatic nitrogens is 4. The standard InChI is InChI=1S/C5H7N7/c6-5-10-9-4-2-1-3(8-7)11-12(4)5/h1-2H,7H2,(H2,6,10)(H,8,11). The number of rotatable bonds is 1. The zero-order chi connectivity index (χ0) is 8.55. The average Bonchev–Trinajstić information content (AvgIpc) is 2.47. The molecule has 0 unspecified atom stereocenters. The van der Waals surface area contributed by atoms with E-state index in [1.807, 2.05) is 0 Å². The van der Waals surface area contributed by atoms with Gasteiger partial charge < -0.3 is 11.2 Å². The molecule has 0 fully saturated rings. The summed E-state index contributed by atoms with van der Waals surface area (Å²) in [7, 11) is 0. The van der Waals surface area contributed by atoms with Crippen LogP contribution >= 0.6 is 0 Å². The molecule has 0 aliphatic rings. The molecule has 0 bridgehead atoms. The number of hydrogen-bond acceptors (Lipinski definition) is 6. The summed E-state index contributed by atoms with van der Waals surface area (Å²) in [5.74, 6) is 5.90. The van der Waals surface area contributed by atoms with Crippen molar-refractivity contribution in [2.75, 3.05) is 11.2 Å². The first-order valence-electron chi connectivity index (χ1n) is 3.26. The van der Waals surface area contributed by atoms with Crippen molar-refractivity contribution in [1.29, 1.82) is 0 Å². The highest BCUT2D eigenvalue weighted by atomic mass is 15.4. The van der Waals surface area contributed by atoms with E-state index in [1.54, 1.807) is 12.1 Å². The summed E-state index contributed by atoms with van der Waals surface area (Å²) in [6.07, 6.45) is 0. The molecule has 0 aliphatic carbocycles. The van der Waals surface area contributed by atoms with Crippen LogP contribution in [0.25, 0.3) is 5.65 Å². The SMILES string of the molecule is NNc1ccc2nnc(N)n2n1. The van der Waals surface area contributed by atoms with Crippen LogP contribution in [0.1, 0.15) is 0 Å². The van der Waals surface area contributed by atoms with E-state index in [0.717, 1.165) is 0 Å². The highest BCUT2D eigenvalue weighted by molar-refractivity contribution is 5.46. The van der Waals surface area contributed by atoms with Crippen LogP contribution in [0.15, 0.2) is 12.1 Å². The Labute approximate surface area is 67.3 Å². The third-order valence-electron chi connectivity index (χ3n) is 1.43. The molecule has 0 atom stereocenters. The van der Waals surface area contributed by atoms with E-state index < -0.39 is 0 Å². The molecule has 2 heterocycles. The lowest BCUT2D eigenvalue weighted by Gasteiger charge is -1.97. The van der Waals surface area contributed by atoms with Gasteiger partial charge in [-0.1, -0.05) is 0 Å². The van der Waals surface area contributed by atoms with Crippen molar-refractivity contribution in [3.63, 3.8) is 0 Å². The Balaban J connectivity index is 2.71. The minimum atomic E-state index is 0.238. The number of fused-ring (bicyclic) bond motifs is 1. The number of nitrogens with one attached hydrogen (secondary N) is 1. The van der Waals surface area contributed by atoms with Gasteiger partial charge in [0.25, 0.3) is 0 Å². The van der Waals surface area contributed by atoms with Crippen LogP contribution in [0.3, 0.4) is 0 Å². The Hall–Kier alpha value is -1.89. The highest BCUT2D eigenvalue weighted by Crippen LogP contribution is 2.05. The first-order chi connectivity index (χ1) is 5.81. The summed E-state index contributed by atoms with van der Waals surface area (Å²) >= 11 is 0. The Morgan fingerprint density at radius 1 is 1.33 bits per heavy atom. The van der Waals surface area contributed by atoms with E-state index in [0.29, 0.717) is 11.5 Å². The molecular formula is C5H7N7. The van der Waals surface area contributed by atoms with Crippen molar-refractivity contribution in [1.82, 2.24) is 19.8 Å². The lowest BCUT2D eigenvalue weighted by atomic mass is 10.5. The third kappa shape index (κ3) is 0.839. The molecule has 2 rings (SSSR count). The van der Waals surface area contributed by atoms with Gasteiger partial charge >= 0.3 is 0 Å². The molecule has 0 saturated heterocycles. The highest BCUT2D eigenvalue weighted by Gasteiger charge is 2.01. The second-order valence-corrected chi connectivity index (χ2v) is 2.19. The molecule has 7 heteroatoms. The number of nitrogens with zero attached hydrogens (tertiary/aromatic N) is 4. The summed E-state index contributed by atoms with van der Waals surface area (Å²) in [6.45, 7) is 0. The molecule has 0 spiro atoms. The quantitative estimate of drug-likeness (QED) is 0.369. The zero-order valence-electron chi connectivity index (χ0n) is 6.10. The van der Waals surface area contributed by atoms with Crippen molar-refractivity contribution in [2.24, 2.45) is 5.84 Å². The van der Waals surface area contributed by atoms with Crippen LogP contribution in [-0.2, 0) is 0 Å². The summed E-state index contributed by atoms with van der Waals surface area (Å²) < 4.78 is 1.40. The number of nitrogen functional groups attached to an aromatic ring is 2. The maximum atomic E-state index is 5.46. The Kier molecular flexibility index (Phi) is 1.31. The van der Waals surface area contributed by atoms with E-state index in [1.165, 1.54) is 4.52 Å². The van der Waals surface area contributed by atoms with Gasteiger partial charge in [-0.25, -0.2) is 5.84 Å². The molecule has 0 aromatic carbocycles. The van der Waals surface area contributed by atoms with E-state index in [9.17, 15) is 0 Å². The van der Waals surface area contributed by atoms with Gasteiger partial charge in [0.05, 0.1) is 0 Å². The van der Waals surface area contributed by atoms with Gasteiger partial charge in [-0.3, -0.25) is 0 Å². The maximum Gasteiger partial charge on any atom is 0.243 e. The van der Waals surface area contributed by atoms with Gasteiger partial charge in [-0.05, 0) is 12.1 Å². The van der Waals surface area contributed by atoms with Crippen molar-refractivity contribution >= 4 is 17.4 Å². The van der Waals surface area contributed by atoms with E-state index in [2.05, 4.69) is 20.7 Å². The zero-order valence-corrected chi connectivity index (χ0v) is 6.10. The molecular weight excluding hydrogens is 158 g/mol. The smallest absolute Gasteiger partial charge is 0.243 e. The molecule has 0 saturated carbocycles. The normalized spacial score (nSPS) is 10.4. The molecule has 0 aliphatic heterocycles. The topological polar surface area (TPSA) is 107 Å². The van der Waals surface area contributed by atoms with Gasteiger partial charge in [0.1, 0.15) is 0 Å². The van der Waals surface area contributed by atoms with Crippen LogP contribution in [0, 0.1) is 0 Å². The molecule has 62 valence electrons. The van der Waals surface area contributed by atoms with Crippen LogP contribution in [0.5, 0.6) is 0 Å². The summed E-state index contributed by atoms with van der Waals surface area (Å²) in [4.78, 5) is 0. The molecule has 5 N–H and O–H groups in total.